The number of aromatic nitrogens is 1. The third-order valence-corrected chi connectivity index (χ3v) is 3.52. The van der Waals surface area contributed by atoms with E-state index in [0.717, 1.165) is 10.9 Å². The molecule has 4 heteroatoms. The first-order valence-corrected chi connectivity index (χ1v) is 6.55. The third-order valence-electron chi connectivity index (χ3n) is 3.22. The van der Waals surface area contributed by atoms with Gasteiger partial charge >= 0.3 is 0 Å². The summed E-state index contributed by atoms with van der Waals surface area (Å²) in [5.74, 6) is -0.432. The summed E-state index contributed by atoms with van der Waals surface area (Å²) in [5.41, 5.74) is 1.32. The van der Waals surface area contributed by atoms with Gasteiger partial charge in [0.2, 0.25) is 0 Å². The highest BCUT2D eigenvalue weighted by Gasteiger charge is 2.10. The van der Waals surface area contributed by atoms with Crippen molar-refractivity contribution in [3.05, 3.63) is 71.1 Å². The number of ketones is 1. The zero-order valence-electron chi connectivity index (χ0n) is 10.5. The highest BCUT2D eigenvalue weighted by atomic mass is 35.5. The van der Waals surface area contributed by atoms with Gasteiger partial charge in [0.05, 0.1) is 17.1 Å². The molecule has 1 aromatic heterocycles. The van der Waals surface area contributed by atoms with Gasteiger partial charge in [-0.15, -0.1) is 0 Å². The van der Waals surface area contributed by atoms with Gasteiger partial charge in [-0.2, -0.15) is 0 Å². The summed E-state index contributed by atoms with van der Waals surface area (Å²) in [6.07, 6.45) is 1.83. The van der Waals surface area contributed by atoms with Gasteiger partial charge in [0.1, 0.15) is 5.82 Å². The smallest absolute Gasteiger partial charge is 0.182 e. The molecule has 0 N–H and O–H groups in total. The summed E-state index contributed by atoms with van der Waals surface area (Å²) < 4.78 is 14.7. The summed E-state index contributed by atoms with van der Waals surface area (Å²) in [4.78, 5) is 12.2. The first-order valence-electron chi connectivity index (χ1n) is 6.17. The number of hydrogen-bond acceptors (Lipinski definition) is 1. The molecule has 0 atom stereocenters. The molecule has 2 nitrogen and oxygen atoms in total. The van der Waals surface area contributed by atoms with Gasteiger partial charge in [-0.25, -0.2) is 4.39 Å². The van der Waals surface area contributed by atoms with E-state index in [1.54, 1.807) is 6.07 Å². The van der Waals surface area contributed by atoms with E-state index in [-0.39, 0.29) is 18.1 Å². The number of carbonyl (C=O) groups excluding carboxylic acids is 1. The van der Waals surface area contributed by atoms with Crippen LogP contribution in [0, 0.1) is 5.82 Å². The molecule has 0 radical (unpaired) electrons. The Hall–Kier alpha value is -2.13. The first-order chi connectivity index (χ1) is 9.65. The Morgan fingerprint density at radius 3 is 2.60 bits per heavy atom. The highest BCUT2D eigenvalue weighted by molar-refractivity contribution is 6.35. The molecule has 0 fully saturated rings. The molecule has 100 valence electrons. The number of rotatable bonds is 3. The standard InChI is InChI=1S/C16H11ClFNO/c17-14-3-1-2-12-8-9-19(16(12)14)10-15(20)11-4-6-13(18)7-5-11/h1-9H,10H2. The number of halogens is 2. The number of carbonyl (C=O) groups is 1. The van der Waals surface area contributed by atoms with E-state index in [2.05, 4.69) is 0 Å². The minimum absolute atomic E-state index is 0.0811. The predicted molar refractivity (Wildman–Crippen MR) is 77.7 cm³/mol. The molecule has 0 aliphatic carbocycles. The van der Waals surface area contributed by atoms with E-state index >= 15 is 0 Å². The SMILES string of the molecule is O=C(Cn1ccc2cccc(Cl)c21)c1ccc(F)cc1. The van der Waals surface area contributed by atoms with Crippen LogP contribution >= 0.6 is 11.6 Å². The zero-order valence-corrected chi connectivity index (χ0v) is 11.3. The Balaban J connectivity index is 1.93. The topological polar surface area (TPSA) is 22.0 Å². The highest BCUT2D eigenvalue weighted by Crippen LogP contribution is 2.24. The second-order valence-corrected chi connectivity index (χ2v) is 4.96. The van der Waals surface area contributed by atoms with Crippen molar-refractivity contribution < 1.29 is 9.18 Å². The molecule has 0 aliphatic rings. The van der Waals surface area contributed by atoms with Crippen molar-refractivity contribution in [3.8, 4) is 0 Å². The lowest BCUT2D eigenvalue weighted by molar-refractivity contribution is 0.0973. The minimum atomic E-state index is -0.351. The van der Waals surface area contributed by atoms with Gasteiger partial charge in [0.15, 0.2) is 5.78 Å². The normalized spacial score (nSPS) is 10.9. The van der Waals surface area contributed by atoms with Crippen molar-refractivity contribution in [1.82, 2.24) is 4.57 Å². The maximum atomic E-state index is 12.9. The van der Waals surface area contributed by atoms with E-state index in [9.17, 15) is 9.18 Å². The fourth-order valence-corrected chi connectivity index (χ4v) is 2.52. The lowest BCUT2D eigenvalue weighted by atomic mass is 10.1. The number of fused-ring (bicyclic) bond motifs is 1. The van der Waals surface area contributed by atoms with Crippen molar-refractivity contribution >= 4 is 28.3 Å². The largest absolute Gasteiger partial charge is 0.338 e. The second kappa shape index (κ2) is 5.10. The van der Waals surface area contributed by atoms with E-state index in [1.807, 2.05) is 29.0 Å². The molecule has 0 saturated heterocycles. The molecular weight excluding hydrogens is 277 g/mol. The molecular formula is C16H11ClFNO. The van der Waals surface area contributed by atoms with Gasteiger partial charge in [-0.3, -0.25) is 4.79 Å². The molecule has 3 aromatic rings. The maximum absolute atomic E-state index is 12.9. The van der Waals surface area contributed by atoms with Crippen molar-refractivity contribution in [2.75, 3.05) is 0 Å². The van der Waals surface area contributed by atoms with Crippen LogP contribution in [0.25, 0.3) is 10.9 Å². The summed E-state index contributed by atoms with van der Waals surface area (Å²) in [7, 11) is 0. The molecule has 0 amide bonds. The van der Waals surface area contributed by atoms with Crippen molar-refractivity contribution in [2.45, 2.75) is 6.54 Å². The average Bonchev–Trinajstić information content (AvgIpc) is 2.84. The molecule has 0 saturated carbocycles. The van der Waals surface area contributed by atoms with E-state index < -0.39 is 0 Å². The van der Waals surface area contributed by atoms with E-state index in [4.69, 9.17) is 11.6 Å². The van der Waals surface area contributed by atoms with Crippen LogP contribution in [0.2, 0.25) is 5.02 Å². The molecule has 3 rings (SSSR count). The third kappa shape index (κ3) is 2.32. The molecule has 0 bridgehead atoms. The van der Waals surface area contributed by atoms with Gasteiger partial charge in [0, 0.05) is 17.1 Å². The van der Waals surface area contributed by atoms with Crippen molar-refractivity contribution in [1.29, 1.82) is 0 Å². The summed E-state index contributed by atoms with van der Waals surface area (Å²) in [6, 6.07) is 13.1. The Morgan fingerprint density at radius 2 is 1.85 bits per heavy atom. The molecule has 2 aromatic carbocycles. The molecule has 0 unspecified atom stereocenters. The molecule has 0 aliphatic heterocycles. The van der Waals surface area contributed by atoms with E-state index in [1.165, 1.54) is 24.3 Å². The summed E-state index contributed by atoms with van der Waals surface area (Å²) in [6.45, 7) is 0.179. The van der Waals surface area contributed by atoms with Gasteiger partial charge in [0.25, 0.3) is 0 Å². The monoisotopic (exact) mass is 287 g/mol. The predicted octanol–water partition coefficient (Wildman–Crippen LogP) is 4.32. The van der Waals surface area contributed by atoms with Gasteiger partial charge in [-0.1, -0.05) is 23.7 Å². The number of nitrogens with zero attached hydrogens (tertiary/aromatic N) is 1. The zero-order chi connectivity index (χ0) is 14.1. The van der Waals surface area contributed by atoms with Crippen LogP contribution in [0.3, 0.4) is 0 Å². The fourth-order valence-electron chi connectivity index (χ4n) is 2.23. The van der Waals surface area contributed by atoms with Crippen LogP contribution in [-0.2, 0) is 6.54 Å². The Labute approximate surface area is 120 Å². The second-order valence-electron chi connectivity index (χ2n) is 4.55. The van der Waals surface area contributed by atoms with Crippen LogP contribution in [0.5, 0.6) is 0 Å². The molecule has 0 spiro atoms. The number of Topliss-reactive ketones (excluding diaryl/α,β-unsaturated/α-hetero) is 1. The number of para-hydroxylation sites is 1. The lowest BCUT2D eigenvalue weighted by Crippen LogP contribution is -2.09. The van der Waals surface area contributed by atoms with Crippen LogP contribution in [0.1, 0.15) is 10.4 Å². The summed E-state index contributed by atoms with van der Waals surface area (Å²) >= 11 is 6.17. The van der Waals surface area contributed by atoms with E-state index in [0.29, 0.717) is 10.6 Å². The summed E-state index contributed by atoms with van der Waals surface area (Å²) in [5, 5.41) is 1.60. The minimum Gasteiger partial charge on any atom is -0.338 e. The van der Waals surface area contributed by atoms with Crippen LogP contribution in [-0.4, -0.2) is 10.4 Å². The first kappa shape index (κ1) is 12.9. The average molecular weight is 288 g/mol. The Morgan fingerprint density at radius 1 is 1.10 bits per heavy atom. The number of benzene rings is 2. The van der Waals surface area contributed by atoms with Gasteiger partial charge in [-0.05, 0) is 36.4 Å². The fraction of sp³-hybridized carbons (Fsp3) is 0.0625. The van der Waals surface area contributed by atoms with Crippen molar-refractivity contribution in [2.24, 2.45) is 0 Å². The van der Waals surface area contributed by atoms with Crippen LogP contribution in [0.4, 0.5) is 4.39 Å². The lowest BCUT2D eigenvalue weighted by Gasteiger charge is -2.06. The van der Waals surface area contributed by atoms with Gasteiger partial charge < -0.3 is 4.57 Å². The van der Waals surface area contributed by atoms with Crippen LogP contribution in [0.15, 0.2) is 54.7 Å². The number of hydrogen-bond donors (Lipinski definition) is 0. The Bertz CT molecular complexity index is 777. The van der Waals surface area contributed by atoms with Crippen LogP contribution < -0.4 is 0 Å². The molecule has 1 heterocycles. The maximum Gasteiger partial charge on any atom is 0.182 e. The quantitative estimate of drug-likeness (QED) is 0.658. The Kier molecular flexibility index (Phi) is 3.28. The molecule has 20 heavy (non-hydrogen) atoms. The van der Waals surface area contributed by atoms with Crippen molar-refractivity contribution in [3.63, 3.8) is 0 Å².